The van der Waals surface area contributed by atoms with E-state index in [0.29, 0.717) is 23.5 Å². The highest BCUT2D eigenvalue weighted by molar-refractivity contribution is 5.99. The van der Waals surface area contributed by atoms with E-state index in [0.717, 1.165) is 23.3 Å². The van der Waals surface area contributed by atoms with Crippen LogP contribution in [0.3, 0.4) is 0 Å². The van der Waals surface area contributed by atoms with Crippen molar-refractivity contribution in [3.05, 3.63) is 101 Å². The first-order chi connectivity index (χ1) is 18.3. The summed E-state index contributed by atoms with van der Waals surface area (Å²) in [6.07, 6.45) is 2.87. The summed E-state index contributed by atoms with van der Waals surface area (Å²) >= 11 is 0. The summed E-state index contributed by atoms with van der Waals surface area (Å²) in [6, 6.07) is 13.5. The van der Waals surface area contributed by atoms with Gasteiger partial charge in [0.25, 0.3) is 5.91 Å². The molecule has 0 radical (unpaired) electrons. The highest BCUT2D eigenvalue weighted by Gasteiger charge is 2.18. The van der Waals surface area contributed by atoms with Crippen molar-refractivity contribution < 1.29 is 18.7 Å². The molecule has 2 aromatic carbocycles. The van der Waals surface area contributed by atoms with Crippen LogP contribution in [0.5, 0.6) is 0 Å². The van der Waals surface area contributed by atoms with Crippen LogP contribution in [0.2, 0.25) is 0 Å². The minimum Gasteiger partial charge on any atom is -0.390 e. The van der Waals surface area contributed by atoms with Gasteiger partial charge in [0.1, 0.15) is 23.4 Å². The molecule has 4 aromatic rings. The number of nitrogens with two attached hydrogens (primary N) is 1. The Morgan fingerprint density at radius 2 is 1.87 bits per heavy atom. The topological polar surface area (TPSA) is 150 Å². The van der Waals surface area contributed by atoms with Gasteiger partial charge in [0.05, 0.1) is 35.7 Å². The summed E-state index contributed by atoms with van der Waals surface area (Å²) in [6.45, 7) is 1.63. The average molecular weight is 516 g/mol. The third-order valence-electron chi connectivity index (χ3n) is 5.79. The molecule has 4 rings (SSSR count). The Labute approximate surface area is 217 Å². The summed E-state index contributed by atoms with van der Waals surface area (Å²) in [5.41, 5.74) is 8.90. The Bertz CT molecular complexity index is 1520. The van der Waals surface area contributed by atoms with Gasteiger partial charge < -0.3 is 21.5 Å². The molecule has 1 amide bonds. The van der Waals surface area contributed by atoms with Crippen LogP contribution in [0.4, 0.5) is 20.4 Å². The molecule has 1 atom stereocenters. The number of pyridine rings is 1. The number of nitrogens with one attached hydrogen (secondary N) is 2. The number of amides is 1. The molecule has 0 unspecified atom stereocenters. The number of hydrogen-bond acceptors (Lipinski definition) is 8. The maximum absolute atomic E-state index is 13.6. The molecule has 2 heterocycles. The van der Waals surface area contributed by atoms with E-state index in [9.17, 15) is 23.9 Å². The highest BCUT2D eigenvalue weighted by Crippen LogP contribution is 2.22. The Hall–Kier alpha value is -4.95. The zero-order valence-electron chi connectivity index (χ0n) is 20.2. The molecule has 38 heavy (non-hydrogen) atoms. The fourth-order valence-corrected chi connectivity index (χ4v) is 3.65. The quantitative estimate of drug-likeness (QED) is 0.276. The zero-order chi connectivity index (χ0) is 27.2. The van der Waals surface area contributed by atoms with E-state index < -0.39 is 23.6 Å². The van der Waals surface area contributed by atoms with Crippen LogP contribution in [0, 0.1) is 23.0 Å². The molecule has 192 valence electrons. The van der Waals surface area contributed by atoms with Gasteiger partial charge in [0, 0.05) is 18.3 Å². The Kier molecular flexibility index (Phi) is 7.84. The molecule has 2 aromatic heterocycles. The normalized spacial score (nSPS) is 11.4. The van der Waals surface area contributed by atoms with Crippen LogP contribution in [0.1, 0.15) is 45.7 Å². The fraction of sp³-hybridized carbons (Fsp3) is 0.148. The Balaban J connectivity index is 1.49. The van der Waals surface area contributed by atoms with E-state index in [1.165, 1.54) is 24.5 Å². The van der Waals surface area contributed by atoms with Crippen molar-refractivity contribution in [2.75, 3.05) is 11.1 Å². The first-order valence-corrected chi connectivity index (χ1v) is 11.5. The molecule has 9 nitrogen and oxygen atoms in total. The number of carbonyl (C=O) groups is 1. The van der Waals surface area contributed by atoms with Crippen LogP contribution in [-0.4, -0.2) is 26.0 Å². The van der Waals surface area contributed by atoms with Crippen LogP contribution in [0.25, 0.3) is 11.3 Å². The smallest absolute Gasteiger partial charge is 0.255 e. The van der Waals surface area contributed by atoms with Gasteiger partial charge in [-0.3, -0.25) is 4.79 Å². The summed E-state index contributed by atoms with van der Waals surface area (Å²) < 4.78 is 26.9. The number of benzene rings is 2. The number of aromatic nitrogens is 3. The first kappa shape index (κ1) is 26.1. The number of hydrogen-bond donors (Lipinski definition) is 4. The van der Waals surface area contributed by atoms with Crippen molar-refractivity contribution in [3.8, 4) is 17.3 Å². The number of carbonyl (C=O) groups excluding carboxylic acids is 1. The predicted molar refractivity (Wildman–Crippen MR) is 136 cm³/mol. The van der Waals surface area contributed by atoms with Crippen molar-refractivity contribution >= 4 is 17.5 Å². The molecule has 5 N–H and O–H groups in total. The number of anilines is 2. The van der Waals surface area contributed by atoms with Gasteiger partial charge in [0.2, 0.25) is 0 Å². The lowest BCUT2D eigenvalue weighted by molar-refractivity contribution is 0.0940. The second kappa shape index (κ2) is 11.4. The molecule has 0 saturated heterocycles. The number of rotatable bonds is 8. The molecule has 0 saturated carbocycles. The van der Waals surface area contributed by atoms with Gasteiger partial charge in [-0.15, -0.1) is 0 Å². The molecule has 11 heteroatoms. The second-order valence-electron chi connectivity index (χ2n) is 8.40. The molecule has 0 aliphatic rings. The number of aliphatic hydroxyl groups excluding tert-OH is 1. The van der Waals surface area contributed by atoms with E-state index in [1.54, 1.807) is 6.92 Å². The van der Waals surface area contributed by atoms with Gasteiger partial charge in [-0.25, -0.2) is 23.7 Å². The molecular formula is C27H23F2N7O2. The largest absolute Gasteiger partial charge is 0.390 e. The maximum atomic E-state index is 13.6. The summed E-state index contributed by atoms with van der Waals surface area (Å²) in [4.78, 5) is 25.6. The summed E-state index contributed by atoms with van der Waals surface area (Å²) in [5.74, 6) is -2.10. The van der Waals surface area contributed by atoms with Crippen molar-refractivity contribution in [3.63, 3.8) is 0 Å². The average Bonchev–Trinajstić information content (AvgIpc) is 2.93. The minimum absolute atomic E-state index is 0.129. The lowest BCUT2D eigenvalue weighted by Crippen LogP contribution is -2.28. The molecule has 0 fully saturated rings. The molecule has 0 spiro atoms. The van der Waals surface area contributed by atoms with E-state index in [2.05, 4.69) is 25.6 Å². The van der Waals surface area contributed by atoms with Gasteiger partial charge in [-0.05, 0) is 36.2 Å². The van der Waals surface area contributed by atoms with Gasteiger partial charge in [-0.1, -0.05) is 30.3 Å². The SMILES string of the molecule is C[C@H](NC(=O)c1cc(C#N)cnc1NCc1ccc(-c2cnc(N)c(CO)n2)cc1)c1ccc(F)c(F)c1. The molecular weight excluding hydrogens is 492 g/mol. The number of halogens is 2. The summed E-state index contributed by atoms with van der Waals surface area (Å²) in [7, 11) is 0. The predicted octanol–water partition coefficient (Wildman–Crippen LogP) is 3.87. The minimum atomic E-state index is -1.01. The standard InChI is InChI=1S/C27H23F2N7O2/c1-15(19-6-7-21(28)22(29)9-19)35-27(38)20-8-17(10-30)12-34-26(20)33-11-16-2-4-18(5-3-16)23-13-32-25(31)24(14-37)36-23/h2-9,12-13,15,37H,11,14H2,1H3,(H2,31,32)(H,33,34)(H,35,38)/t15-/m0/s1. The van der Waals surface area contributed by atoms with E-state index >= 15 is 0 Å². The van der Waals surface area contributed by atoms with Crippen LogP contribution < -0.4 is 16.4 Å². The monoisotopic (exact) mass is 515 g/mol. The van der Waals surface area contributed by atoms with Gasteiger partial charge in [-0.2, -0.15) is 5.26 Å². The van der Waals surface area contributed by atoms with Gasteiger partial charge >= 0.3 is 0 Å². The van der Waals surface area contributed by atoms with E-state index in [-0.39, 0.29) is 29.4 Å². The van der Waals surface area contributed by atoms with Gasteiger partial charge in [0.15, 0.2) is 11.6 Å². The maximum Gasteiger partial charge on any atom is 0.255 e. The lowest BCUT2D eigenvalue weighted by atomic mass is 10.1. The van der Waals surface area contributed by atoms with Crippen molar-refractivity contribution in [1.82, 2.24) is 20.3 Å². The van der Waals surface area contributed by atoms with E-state index in [1.807, 2.05) is 30.3 Å². The number of nitrogens with zero attached hydrogens (tertiary/aromatic N) is 4. The van der Waals surface area contributed by atoms with Crippen LogP contribution in [0.15, 0.2) is 60.9 Å². The van der Waals surface area contributed by atoms with Crippen molar-refractivity contribution in [1.29, 1.82) is 5.26 Å². The summed E-state index contributed by atoms with van der Waals surface area (Å²) in [5, 5.41) is 24.5. The van der Waals surface area contributed by atoms with E-state index in [4.69, 9.17) is 5.73 Å². The second-order valence-corrected chi connectivity index (χ2v) is 8.40. The number of aliphatic hydroxyl groups is 1. The number of nitriles is 1. The highest BCUT2D eigenvalue weighted by atomic mass is 19.2. The molecule has 0 aliphatic carbocycles. The Morgan fingerprint density at radius 1 is 1.11 bits per heavy atom. The first-order valence-electron chi connectivity index (χ1n) is 11.5. The van der Waals surface area contributed by atoms with Crippen molar-refractivity contribution in [2.45, 2.75) is 26.1 Å². The third-order valence-corrected chi connectivity index (χ3v) is 5.79. The third kappa shape index (κ3) is 5.88. The lowest BCUT2D eigenvalue weighted by Gasteiger charge is -2.17. The van der Waals surface area contributed by atoms with Crippen molar-refractivity contribution in [2.24, 2.45) is 0 Å². The molecule has 0 aliphatic heterocycles. The Morgan fingerprint density at radius 3 is 2.55 bits per heavy atom. The molecule has 0 bridgehead atoms. The fourth-order valence-electron chi connectivity index (χ4n) is 3.65. The van der Waals surface area contributed by atoms with Crippen LogP contribution in [-0.2, 0) is 13.2 Å². The number of nitrogen functional groups attached to an aromatic ring is 1. The zero-order valence-corrected chi connectivity index (χ0v) is 20.2. The van der Waals surface area contributed by atoms with Crippen LogP contribution >= 0.6 is 0 Å².